The molecular formula is C24H27N3O5. The van der Waals surface area contributed by atoms with Gasteiger partial charge in [0.05, 0.1) is 13.0 Å². The van der Waals surface area contributed by atoms with E-state index in [0.29, 0.717) is 44.2 Å². The van der Waals surface area contributed by atoms with Crippen LogP contribution in [-0.4, -0.2) is 74.0 Å². The van der Waals surface area contributed by atoms with Crippen LogP contribution >= 0.6 is 0 Å². The third-order valence-electron chi connectivity index (χ3n) is 5.89. The zero-order valence-electron chi connectivity index (χ0n) is 18.1. The van der Waals surface area contributed by atoms with Crippen LogP contribution in [0.2, 0.25) is 0 Å². The van der Waals surface area contributed by atoms with Crippen molar-refractivity contribution in [2.24, 2.45) is 5.92 Å². The van der Waals surface area contributed by atoms with E-state index >= 15 is 0 Å². The van der Waals surface area contributed by atoms with Crippen LogP contribution in [0.4, 0.5) is 5.69 Å². The summed E-state index contributed by atoms with van der Waals surface area (Å²) in [6.45, 7) is 2.17. The molecule has 4 rings (SSSR count). The number of methoxy groups -OCH3 is 1. The third kappa shape index (κ3) is 4.85. The molecule has 8 heteroatoms. The van der Waals surface area contributed by atoms with Gasteiger partial charge in [-0.1, -0.05) is 24.3 Å². The lowest BCUT2D eigenvalue weighted by atomic mass is 10.1. The summed E-state index contributed by atoms with van der Waals surface area (Å²) in [6.07, 6.45) is 0.195. The maximum absolute atomic E-state index is 13.0. The summed E-state index contributed by atoms with van der Waals surface area (Å²) >= 11 is 0. The second-order valence-corrected chi connectivity index (χ2v) is 7.91. The average molecular weight is 437 g/mol. The molecule has 168 valence electrons. The molecule has 2 saturated heterocycles. The molecule has 1 atom stereocenters. The van der Waals surface area contributed by atoms with Gasteiger partial charge in [0.15, 0.2) is 6.61 Å². The number of carbonyl (C=O) groups is 3. The normalized spacial score (nSPS) is 18.6. The molecule has 32 heavy (non-hydrogen) atoms. The molecule has 2 aromatic rings. The molecular weight excluding hydrogens is 410 g/mol. The van der Waals surface area contributed by atoms with Crippen molar-refractivity contribution in [2.45, 2.75) is 6.42 Å². The topological polar surface area (TPSA) is 79.4 Å². The van der Waals surface area contributed by atoms with E-state index in [0.717, 1.165) is 5.69 Å². The molecule has 0 aromatic heterocycles. The molecule has 0 spiro atoms. The standard InChI is InChI=1S/C24H27N3O5/c1-31-21-9-5-6-19(15-21)27-16-18(14-22(27)28)24(30)26-12-10-25(11-13-26)23(29)17-32-20-7-3-2-4-8-20/h2-9,15,18H,10-14,16-17H2,1H3. The van der Waals surface area contributed by atoms with E-state index in [-0.39, 0.29) is 36.7 Å². The molecule has 0 bridgehead atoms. The number of ether oxygens (including phenoxy) is 2. The highest BCUT2D eigenvalue weighted by Crippen LogP contribution is 2.29. The van der Waals surface area contributed by atoms with Crippen molar-refractivity contribution < 1.29 is 23.9 Å². The quantitative estimate of drug-likeness (QED) is 0.689. The molecule has 2 aromatic carbocycles. The van der Waals surface area contributed by atoms with Crippen molar-refractivity contribution in [3.8, 4) is 11.5 Å². The van der Waals surface area contributed by atoms with Crippen molar-refractivity contribution in [3.05, 3.63) is 54.6 Å². The van der Waals surface area contributed by atoms with Gasteiger partial charge in [-0.15, -0.1) is 0 Å². The number of amides is 3. The van der Waals surface area contributed by atoms with E-state index < -0.39 is 0 Å². The van der Waals surface area contributed by atoms with Crippen LogP contribution in [0.1, 0.15) is 6.42 Å². The SMILES string of the molecule is COc1cccc(N2CC(C(=O)N3CCN(C(=O)COc4ccccc4)CC3)CC2=O)c1. The second kappa shape index (κ2) is 9.72. The first kappa shape index (κ1) is 21.7. The van der Waals surface area contributed by atoms with Crippen LogP contribution in [0, 0.1) is 5.92 Å². The van der Waals surface area contributed by atoms with Gasteiger partial charge in [0.2, 0.25) is 11.8 Å². The Morgan fingerprint density at radius 1 is 0.938 bits per heavy atom. The van der Waals surface area contributed by atoms with Gasteiger partial charge >= 0.3 is 0 Å². The fraction of sp³-hybridized carbons (Fsp3) is 0.375. The van der Waals surface area contributed by atoms with Gasteiger partial charge in [-0.25, -0.2) is 0 Å². The lowest BCUT2D eigenvalue weighted by Gasteiger charge is -2.35. The minimum Gasteiger partial charge on any atom is -0.497 e. The number of hydrogen-bond donors (Lipinski definition) is 0. The molecule has 1 unspecified atom stereocenters. The number of carbonyl (C=O) groups excluding carboxylic acids is 3. The van der Waals surface area contributed by atoms with E-state index in [4.69, 9.17) is 9.47 Å². The highest BCUT2D eigenvalue weighted by molar-refractivity contribution is 6.00. The first-order chi connectivity index (χ1) is 15.5. The Balaban J connectivity index is 1.28. The van der Waals surface area contributed by atoms with Crippen LogP contribution < -0.4 is 14.4 Å². The first-order valence-electron chi connectivity index (χ1n) is 10.7. The molecule has 0 N–H and O–H groups in total. The molecule has 2 fully saturated rings. The number of anilines is 1. The summed E-state index contributed by atoms with van der Waals surface area (Å²) in [6, 6.07) is 16.5. The fourth-order valence-corrected chi connectivity index (χ4v) is 4.09. The Bertz CT molecular complexity index is 973. The Morgan fingerprint density at radius 2 is 1.62 bits per heavy atom. The lowest BCUT2D eigenvalue weighted by molar-refractivity contribution is -0.142. The average Bonchev–Trinajstić information content (AvgIpc) is 3.24. The minimum absolute atomic E-state index is 0.0232. The predicted octanol–water partition coefficient (Wildman–Crippen LogP) is 1.80. The van der Waals surface area contributed by atoms with Crippen molar-refractivity contribution in [1.29, 1.82) is 0 Å². The van der Waals surface area contributed by atoms with Crippen LogP contribution in [-0.2, 0) is 14.4 Å². The molecule has 0 radical (unpaired) electrons. The molecule has 2 aliphatic heterocycles. The number of hydrogen-bond acceptors (Lipinski definition) is 5. The number of rotatable bonds is 6. The summed E-state index contributed by atoms with van der Waals surface area (Å²) in [5.74, 6) is 0.752. The zero-order valence-corrected chi connectivity index (χ0v) is 18.1. The molecule has 8 nitrogen and oxygen atoms in total. The molecule has 2 heterocycles. The van der Waals surface area contributed by atoms with Crippen molar-refractivity contribution in [3.63, 3.8) is 0 Å². The van der Waals surface area contributed by atoms with Gasteiger partial charge in [0, 0.05) is 50.9 Å². The maximum atomic E-state index is 13.0. The fourth-order valence-electron chi connectivity index (χ4n) is 4.09. The van der Waals surface area contributed by atoms with Crippen LogP contribution in [0.3, 0.4) is 0 Å². The molecule has 3 amide bonds. The van der Waals surface area contributed by atoms with Crippen molar-refractivity contribution in [1.82, 2.24) is 9.80 Å². The number of piperazine rings is 1. The molecule has 0 aliphatic carbocycles. The number of para-hydroxylation sites is 1. The maximum Gasteiger partial charge on any atom is 0.260 e. The Hall–Kier alpha value is -3.55. The van der Waals surface area contributed by atoms with E-state index in [9.17, 15) is 14.4 Å². The Labute approximate surface area is 187 Å². The van der Waals surface area contributed by atoms with Crippen LogP contribution in [0.25, 0.3) is 0 Å². The minimum atomic E-state index is -0.377. The highest BCUT2D eigenvalue weighted by atomic mass is 16.5. The predicted molar refractivity (Wildman–Crippen MR) is 119 cm³/mol. The van der Waals surface area contributed by atoms with Crippen molar-refractivity contribution >= 4 is 23.4 Å². The van der Waals surface area contributed by atoms with E-state index in [1.807, 2.05) is 48.5 Å². The summed E-state index contributed by atoms with van der Waals surface area (Å²) in [4.78, 5) is 43.1. The summed E-state index contributed by atoms with van der Waals surface area (Å²) < 4.78 is 10.8. The molecule has 0 saturated carbocycles. The monoisotopic (exact) mass is 437 g/mol. The summed E-state index contributed by atoms with van der Waals surface area (Å²) in [7, 11) is 1.58. The van der Waals surface area contributed by atoms with Gasteiger partial charge in [-0.3, -0.25) is 14.4 Å². The van der Waals surface area contributed by atoms with E-state index in [1.165, 1.54) is 0 Å². The van der Waals surface area contributed by atoms with Gasteiger partial charge in [0.25, 0.3) is 5.91 Å². The molecule has 2 aliphatic rings. The first-order valence-corrected chi connectivity index (χ1v) is 10.7. The summed E-state index contributed by atoms with van der Waals surface area (Å²) in [5, 5.41) is 0. The van der Waals surface area contributed by atoms with Gasteiger partial charge in [-0.05, 0) is 24.3 Å². The van der Waals surface area contributed by atoms with Gasteiger partial charge in [-0.2, -0.15) is 0 Å². The second-order valence-electron chi connectivity index (χ2n) is 7.91. The van der Waals surface area contributed by atoms with Crippen LogP contribution in [0.5, 0.6) is 11.5 Å². The van der Waals surface area contributed by atoms with E-state index in [1.54, 1.807) is 27.9 Å². The Kier molecular flexibility index (Phi) is 6.58. The van der Waals surface area contributed by atoms with Crippen molar-refractivity contribution in [2.75, 3.05) is 51.3 Å². The van der Waals surface area contributed by atoms with Gasteiger partial charge in [0.1, 0.15) is 11.5 Å². The zero-order chi connectivity index (χ0) is 22.5. The Morgan fingerprint density at radius 3 is 2.34 bits per heavy atom. The van der Waals surface area contributed by atoms with Gasteiger partial charge < -0.3 is 24.2 Å². The van der Waals surface area contributed by atoms with E-state index in [2.05, 4.69) is 0 Å². The largest absolute Gasteiger partial charge is 0.497 e. The smallest absolute Gasteiger partial charge is 0.260 e. The highest BCUT2D eigenvalue weighted by Gasteiger charge is 2.38. The lowest BCUT2D eigenvalue weighted by Crippen LogP contribution is -2.53. The third-order valence-corrected chi connectivity index (χ3v) is 5.89. The summed E-state index contributed by atoms with van der Waals surface area (Å²) in [5.41, 5.74) is 0.735. The number of nitrogens with zero attached hydrogens (tertiary/aromatic N) is 3. The number of benzene rings is 2. The van der Waals surface area contributed by atoms with Crippen LogP contribution in [0.15, 0.2) is 54.6 Å².